The molecule has 0 aromatic rings. The average molecular weight is 215 g/mol. The second-order valence-electron chi connectivity index (χ2n) is 3.94. The van der Waals surface area contributed by atoms with Gasteiger partial charge in [-0.3, -0.25) is 0 Å². The molecule has 12 heavy (non-hydrogen) atoms. The number of hydrogen-bond acceptors (Lipinski definition) is 2. The maximum absolute atomic E-state index is 6.03. The number of hydrogen-bond donors (Lipinski definition) is 2. The zero-order valence-corrected chi connectivity index (χ0v) is 9.38. The van der Waals surface area contributed by atoms with Gasteiger partial charge in [0.05, 0.1) is 0 Å². The molecule has 1 aliphatic rings. The SMILES string of the molecule is CC1CC(N)CCC1(C)N.Cl.Cl. The van der Waals surface area contributed by atoms with E-state index >= 15 is 0 Å². The molecule has 1 aliphatic carbocycles. The van der Waals surface area contributed by atoms with Crippen molar-refractivity contribution < 1.29 is 0 Å². The fraction of sp³-hybridized carbons (Fsp3) is 1.00. The third-order valence-corrected chi connectivity index (χ3v) is 2.84. The molecule has 2 nitrogen and oxygen atoms in total. The minimum atomic E-state index is 0. The van der Waals surface area contributed by atoms with Gasteiger partial charge in [0.1, 0.15) is 0 Å². The Labute approximate surface area is 87.3 Å². The van der Waals surface area contributed by atoms with E-state index in [-0.39, 0.29) is 30.4 Å². The van der Waals surface area contributed by atoms with E-state index in [1.165, 1.54) is 0 Å². The Hall–Kier alpha value is 0.500. The zero-order chi connectivity index (χ0) is 7.78. The number of halogens is 2. The molecule has 3 atom stereocenters. The molecule has 1 rings (SSSR count). The van der Waals surface area contributed by atoms with Crippen molar-refractivity contribution in [2.24, 2.45) is 17.4 Å². The summed E-state index contributed by atoms with van der Waals surface area (Å²) < 4.78 is 0. The van der Waals surface area contributed by atoms with E-state index in [0.29, 0.717) is 12.0 Å². The van der Waals surface area contributed by atoms with E-state index < -0.39 is 0 Å². The van der Waals surface area contributed by atoms with Crippen LogP contribution in [0.2, 0.25) is 0 Å². The lowest BCUT2D eigenvalue weighted by Gasteiger charge is -2.38. The summed E-state index contributed by atoms with van der Waals surface area (Å²) in [6, 6.07) is 0.395. The molecule has 4 N–H and O–H groups in total. The highest BCUT2D eigenvalue weighted by atomic mass is 35.5. The molecule has 0 spiro atoms. The molecule has 0 amide bonds. The van der Waals surface area contributed by atoms with Gasteiger partial charge in [-0.2, -0.15) is 0 Å². The molecule has 4 heteroatoms. The largest absolute Gasteiger partial charge is 0.328 e. The first-order valence-corrected chi connectivity index (χ1v) is 4.07. The highest BCUT2D eigenvalue weighted by molar-refractivity contribution is 5.85. The molecule has 0 aromatic heterocycles. The van der Waals surface area contributed by atoms with Crippen LogP contribution in [0, 0.1) is 5.92 Å². The minimum absolute atomic E-state index is 0. The normalized spacial score (nSPS) is 41.0. The average Bonchev–Trinajstić information content (AvgIpc) is 1.81. The van der Waals surface area contributed by atoms with Crippen molar-refractivity contribution in [3.05, 3.63) is 0 Å². The smallest absolute Gasteiger partial charge is 0.0152 e. The number of rotatable bonds is 0. The van der Waals surface area contributed by atoms with Gasteiger partial charge in [-0.05, 0) is 32.1 Å². The molecule has 0 saturated heterocycles. The summed E-state index contributed by atoms with van der Waals surface area (Å²) in [5, 5.41) is 0. The number of nitrogens with two attached hydrogens (primary N) is 2. The van der Waals surface area contributed by atoms with Gasteiger partial charge in [0.2, 0.25) is 0 Å². The molecule has 0 heterocycles. The topological polar surface area (TPSA) is 52.0 Å². The van der Waals surface area contributed by atoms with Gasteiger partial charge in [0.25, 0.3) is 0 Å². The molecular weight excluding hydrogens is 195 g/mol. The van der Waals surface area contributed by atoms with Crippen LogP contribution in [0.5, 0.6) is 0 Å². The Balaban J connectivity index is 0. The third-order valence-electron chi connectivity index (χ3n) is 2.84. The fourth-order valence-electron chi connectivity index (χ4n) is 1.58. The maximum atomic E-state index is 6.03. The van der Waals surface area contributed by atoms with E-state index in [1.807, 2.05) is 0 Å². The van der Waals surface area contributed by atoms with Crippen molar-refractivity contribution in [3.8, 4) is 0 Å². The first kappa shape index (κ1) is 15.0. The Kier molecular flexibility index (Phi) is 6.59. The van der Waals surface area contributed by atoms with Crippen LogP contribution in [-0.4, -0.2) is 11.6 Å². The van der Waals surface area contributed by atoms with Crippen LogP contribution in [0.3, 0.4) is 0 Å². The van der Waals surface area contributed by atoms with Crippen LogP contribution in [0.4, 0.5) is 0 Å². The Morgan fingerprint density at radius 3 is 2.17 bits per heavy atom. The predicted molar refractivity (Wildman–Crippen MR) is 58.1 cm³/mol. The lowest BCUT2D eigenvalue weighted by molar-refractivity contribution is 0.206. The highest BCUT2D eigenvalue weighted by Gasteiger charge is 2.32. The second-order valence-corrected chi connectivity index (χ2v) is 3.94. The lowest BCUT2D eigenvalue weighted by atomic mass is 9.74. The van der Waals surface area contributed by atoms with Crippen LogP contribution >= 0.6 is 24.8 Å². The maximum Gasteiger partial charge on any atom is 0.0152 e. The van der Waals surface area contributed by atoms with E-state index in [1.54, 1.807) is 0 Å². The van der Waals surface area contributed by atoms with Crippen molar-refractivity contribution >= 4 is 24.8 Å². The summed E-state index contributed by atoms with van der Waals surface area (Å²) in [6.07, 6.45) is 3.26. The molecule has 0 bridgehead atoms. The van der Waals surface area contributed by atoms with Crippen LogP contribution in [-0.2, 0) is 0 Å². The van der Waals surface area contributed by atoms with Gasteiger partial charge < -0.3 is 11.5 Å². The Bertz CT molecular complexity index is 128. The Morgan fingerprint density at radius 1 is 1.33 bits per heavy atom. The van der Waals surface area contributed by atoms with E-state index in [0.717, 1.165) is 19.3 Å². The predicted octanol–water partition coefficient (Wildman–Crippen LogP) is 1.69. The van der Waals surface area contributed by atoms with Crippen molar-refractivity contribution in [3.63, 3.8) is 0 Å². The summed E-state index contributed by atoms with van der Waals surface area (Å²) in [4.78, 5) is 0. The highest BCUT2D eigenvalue weighted by Crippen LogP contribution is 2.30. The van der Waals surface area contributed by atoms with Crippen molar-refractivity contribution in [2.75, 3.05) is 0 Å². The summed E-state index contributed by atoms with van der Waals surface area (Å²) in [5.74, 6) is 0.580. The summed E-state index contributed by atoms with van der Waals surface area (Å²) in [6.45, 7) is 4.32. The van der Waals surface area contributed by atoms with Gasteiger partial charge in [-0.1, -0.05) is 6.92 Å². The molecule has 0 aliphatic heterocycles. The molecule has 0 radical (unpaired) electrons. The van der Waals surface area contributed by atoms with Crippen LogP contribution in [0.15, 0.2) is 0 Å². The zero-order valence-electron chi connectivity index (χ0n) is 7.75. The van der Waals surface area contributed by atoms with Crippen LogP contribution in [0.25, 0.3) is 0 Å². The van der Waals surface area contributed by atoms with Crippen molar-refractivity contribution in [1.82, 2.24) is 0 Å². The third kappa shape index (κ3) is 3.48. The lowest BCUT2D eigenvalue weighted by Crippen LogP contribution is -2.49. The molecule has 3 unspecified atom stereocenters. The van der Waals surface area contributed by atoms with Crippen LogP contribution < -0.4 is 11.5 Å². The standard InChI is InChI=1S/C8H18N2.2ClH/c1-6-5-7(9)3-4-8(6,2)10;;/h6-7H,3-5,9-10H2,1-2H3;2*1H. The molecule has 76 valence electrons. The first-order valence-electron chi connectivity index (χ1n) is 4.07. The Morgan fingerprint density at radius 2 is 1.83 bits per heavy atom. The summed E-state index contributed by atoms with van der Waals surface area (Å²) in [5.41, 5.74) is 11.9. The quantitative estimate of drug-likeness (QED) is 0.646. The molecule has 1 fully saturated rings. The van der Waals surface area contributed by atoms with Gasteiger partial charge in [-0.25, -0.2) is 0 Å². The van der Waals surface area contributed by atoms with Gasteiger partial charge in [-0.15, -0.1) is 24.8 Å². The van der Waals surface area contributed by atoms with Crippen molar-refractivity contribution in [2.45, 2.75) is 44.7 Å². The molecule has 0 aromatic carbocycles. The molecular formula is C8H20Cl2N2. The summed E-state index contributed by atoms with van der Waals surface area (Å²) in [7, 11) is 0. The van der Waals surface area contributed by atoms with Crippen LogP contribution in [0.1, 0.15) is 33.1 Å². The van der Waals surface area contributed by atoms with Crippen molar-refractivity contribution in [1.29, 1.82) is 0 Å². The van der Waals surface area contributed by atoms with Gasteiger partial charge in [0.15, 0.2) is 0 Å². The van der Waals surface area contributed by atoms with Gasteiger partial charge in [0, 0.05) is 11.6 Å². The first-order chi connectivity index (χ1) is 4.52. The monoisotopic (exact) mass is 214 g/mol. The second kappa shape index (κ2) is 5.28. The van der Waals surface area contributed by atoms with Gasteiger partial charge >= 0.3 is 0 Å². The molecule has 1 saturated carbocycles. The fourth-order valence-corrected chi connectivity index (χ4v) is 1.58. The minimum Gasteiger partial charge on any atom is -0.328 e. The van der Waals surface area contributed by atoms with E-state index in [4.69, 9.17) is 11.5 Å². The van der Waals surface area contributed by atoms with E-state index in [9.17, 15) is 0 Å². The van der Waals surface area contributed by atoms with E-state index in [2.05, 4.69) is 13.8 Å². The summed E-state index contributed by atoms with van der Waals surface area (Å²) >= 11 is 0.